The van der Waals surface area contributed by atoms with Crippen LogP contribution in [-0.4, -0.2) is 37.6 Å². The van der Waals surface area contributed by atoms with Crippen molar-refractivity contribution in [1.82, 2.24) is 30.2 Å². The molecule has 0 spiro atoms. The number of carbonyl (C=O) groups excluding carboxylic acids is 2. The summed E-state index contributed by atoms with van der Waals surface area (Å²) in [5, 5.41) is 17.9. The summed E-state index contributed by atoms with van der Waals surface area (Å²) >= 11 is 1.70. The van der Waals surface area contributed by atoms with Gasteiger partial charge in [0.15, 0.2) is 5.65 Å². The minimum atomic E-state index is -0.551. The molecule has 0 atom stereocenters. The van der Waals surface area contributed by atoms with Crippen molar-refractivity contribution in [2.24, 2.45) is 0 Å². The van der Waals surface area contributed by atoms with Crippen LogP contribution in [0.15, 0.2) is 53.7 Å². The minimum absolute atomic E-state index is 0.148. The average molecular weight is 473 g/mol. The summed E-state index contributed by atoms with van der Waals surface area (Å²) in [5.74, 6) is 0.529. The monoisotopic (exact) mass is 472 g/mol. The lowest BCUT2D eigenvalue weighted by Gasteiger charge is -2.12. The molecule has 1 aliphatic heterocycles. The summed E-state index contributed by atoms with van der Waals surface area (Å²) in [6.07, 6.45) is 5.31. The van der Waals surface area contributed by atoms with Gasteiger partial charge in [0.1, 0.15) is 5.70 Å². The zero-order valence-electron chi connectivity index (χ0n) is 17.9. The van der Waals surface area contributed by atoms with Crippen molar-refractivity contribution in [1.29, 1.82) is 0 Å². The molecule has 170 valence electrons. The Labute approximate surface area is 198 Å². The quantitative estimate of drug-likeness (QED) is 0.240. The predicted octanol–water partition coefficient (Wildman–Crippen LogP) is 3.22. The molecule has 11 heteroatoms. The lowest BCUT2D eigenvalue weighted by Crippen LogP contribution is -2.22. The number of urea groups is 1. The molecule has 4 N–H and O–H groups in total. The van der Waals surface area contributed by atoms with Gasteiger partial charge in [0.2, 0.25) is 11.9 Å². The Kier molecular flexibility index (Phi) is 4.95. The second kappa shape index (κ2) is 8.27. The molecule has 34 heavy (non-hydrogen) atoms. The SMILES string of the molecule is O=C1NC(=O)/C(=C/c2cnn3c(NC4CC4)nc(NCc4ccccc4-c4cccs4)nc23)N1. The van der Waals surface area contributed by atoms with Gasteiger partial charge < -0.3 is 16.0 Å². The van der Waals surface area contributed by atoms with Crippen molar-refractivity contribution >= 4 is 46.9 Å². The highest BCUT2D eigenvalue weighted by Gasteiger charge is 2.26. The second-order valence-electron chi connectivity index (χ2n) is 8.08. The standard InChI is InChI=1S/C23H20N8O2S/c32-20-17(27-23(33)29-20)10-14-12-25-31-19(14)28-21(30-22(31)26-15-7-8-15)24-11-13-4-1-2-5-16(13)18-6-3-9-34-18/h1-6,9-10,12,15H,7-8,11H2,(H2,24,26,28,30)(H2,27,29,32,33)/b17-10-. The van der Waals surface area contributed by atoms with E-state index < -0.39 is 11.9 Å². The first kappa shape index (κ1) is 20.4. The third-order valence-corrected chi connectivity index (χ3v) is 6.47. The number of nitrogens with zero attached hydrogens (tertiary/aromatic N) is 4. The number of fused-ring (bicyclic) bond motifs is 1. The van der Waals surface area contributed by atoms with Crippen molar-refractivity contribution in [3.63, 3.8) is 0 Å². The van der Waals surface area contributed by atoms with Crippen LogP contribution in [0.2, 0.25) is 0 Å². The summed E-state index contributed by atoms with van der Waals surface area (Å²) in [7, 11) is 0. The van der Waals surface area contributed by atoms with E-state index >= 15 is 0 Å². The van der Waals surface area contributed by atoms with E-state index in [1.807, 2.05) is 18.2 Å². The third-order valence-electron chi connectivity index (χ3n) is 5.57. The van der Waals surface area contributed by atoms with Crippen LogP contribution in [0.5, 0.6) is 0 Å². The number of aromatic nitrogens is 4. The van der Waals surface area contributed by atoms with Gasteiger partial charge in [0.05, 0.1) is 6.20 Å². The summed E-state index contributed by atoms with van der Waals surface area (Å²) in [4.78, 5) is 34.0. The van der Waals surface area contributed by atoms with Crippen LogP contribution in [0.1, 0.15) is 24.0 Å². The Hall–Kier alpha value is -4.25. The van der Waals surface area contributed by atoms with Crippen LogP contribution >= 0.6 is 11.3 Å². The van der Waals surface area contributed by atoms with Gasteiger partial charge in [-0.05, 0) is 41.5 Å². The van der Waals surface area contributed by atoms with E-state index in [1.54, 1.807) is 28.1 Å². The van der Waals surface area contributed by atoms with Crippen molar-refractivity contribution < 1.29 is 9.59 Å². The Morgan fingerprint density at radius 2 is 2.00 bits per heavy atom. The van der Waals surface area contributed by atoms with Crippen molar-refractivity contribution in [3.05, 3.63) is 64.8 Å². The third kappa shape index (κ3) is 3.97. The van der Waals surface area contributed by atoms with Gasteiger partial charge in [-0.1, -0.05) is 30.3 Å². The summed E-state index contributed by atoms with van der Waals surface area (Å²) in [6.45, 7) is 0.538. The van der Waals surface area contributed by atoms with Gasteiger partial charge in [0, 0.05) is 23.0 Å². The van der Waals surface area contributed by atoms with Crippen molar-refractivity contribution in [2.75, 3.05) is 10.6 Å². The number of hydrogen-bond acceptors (Lipinski definition) is 8. The molecule has 4 aromatic rings. The average Bonchev–Trinajstić information content (AvgIpc) is 3.20. The molecular formula is C23H20N8O2S. The van der Waals surface area contributed by atoms with E-state index in [0.29, 0.717) is 35.7 Å². The molecule has 1 aliphatic carbocycles. The highest BCUT2D eigenvalue weighted by atomic mass is 32.1. The summed E-state index contributed by atoms with van der Waals surface area (Å²) in [5.41, 5.74) is 3.56. The number of thiophene rings is 1. The predicted molar refractivity (Wildman–Crippen MR) is 129 cm³/mol. The fourth-order valence-corrected chi connectivity index (χ4v) is 4.52. The van der Waals surface area contributed by atoms with Gasteiger partial charge >= 0.3 is 6.03 Å². The number of hydrogen-bond donors (Lipinski definition) is 4. The van der Waals surface area contributed by atoms with Gasteiger partial charge in [0.25, 0.3) is 5.91 Å². The lowest BCUT2D eigenvalue weighted by atomic mass is 10.1. The van der Waals surface area contributed by atoms with E-state index in [9.17, 15) is 9.59 Å². The molecule has 0 radical (unpaired) electrons. The molecular weight excluding hydrogens is 452 g/mol. The number of carbonyl (C=O) groups is 2. The topological polar surface area (TPSA) is 125 Å². The smallest absolute Gasteiger partial charge is 0.326 e. The first-order valence-electron chi connectivity index (χ1n) is 10.9. The van der Waals surface area contributed by atoms with Gasteiger partial charge in [-0.25, -0.2) is 4.79 Å². The highest BCUT2D eigenvalue weighted by Crippen LogP contribution is 2.29. The Bertz CT molecular complexity index is 1440. The van der Waals surface area contributed by atoms with Crippen LogP contribution in [-0.2, 0) is 11.3 Å². The lowest BCUT2D eigenvalue weighted by molar-refractivity contribution is -0.115. The van der Waals surface area contributed by atoms with E-state index in [1.165, 1.54) is 10.4 Å². The minimum Gasteiger partial charge on any atom is -0.351 e. The Balaban J connectivity index is 1.34. The molecule has 0 bridgehead atoms. The molecule has 3 amide bonds. The number of rotatable bonds is 7. The van der Waals surface area contributed by atoms with E-state index in [-0.39, 0.29) is 5.70 Å². The van der Waals surface area contributed by atoms with E-state index in [2.05, 4.69) is 59.9 Å². The second-order valence-corrected chi connectivity index (χ2v) is 9.03. The molecule has 1 saturated carbocycles. The Morgan fingerprint density at radius 1 is 1.12 bits per heavy atom. The van der Waals surface area contributed by atoms with Crippen LogP contribution in [0.4, 0.5) is 16.7 Å². The largest absolute Gasteiger partial charge is 0.351 e. The summed E-state index contributed by atoms with van der Waals surface area (Å²) < 4.78 is 1.62. The number of imide groups is 1. The van der Waals surface area contributed by atoms with Gasteiger partial charge in [-0.3, -0.25) is 10.1 Å². The number of amides is 3. The van der Waals surface area contributed by atoms with E-state index in [0.717, 1.165) is 18.4 Å². The van der Waals surface area contributed by atoms with Crippen LogP contribution in [0, 0.1) is 0 Å². The molecule has 1 saturated heterocycles. The molecule has 2 fully saturated rings. The molecule has 6 rings (SSSR count). The molecule has 1 aromatic carbocycles. The zero-order valence-corrected chi connectivity index (χ0v) is 18.7. The van der Waals surface area contributed by atoms with Crippen LogP contribution < -0.4 is 21.3 Å². The number of benzene rings is 1. The first-order valence-corrected chi connectivity index (χ1v) is 11.7. The number of nitrogens with one attached hydrogen (secondary N) is 4. The van der Waals surface area contributed by atoms with Gasteiger partial charge in [-0.2, -0.15) is 19.6 Å². The van der Waals surface area contributed by atoms with Crippen LogP contribution in [0.3, 0.4) is 0 Å². The number of anilines is 2. The first-order chi connectivity index (χ1) is 16.6. The van der Waals surface area contributed by atoms with E-state index in [4.69, 9.17) is 0 Å². The highest BCUT2D eigenvalue weighted by molar-refractivity contribution is 7.13. The molecule has 2 aliphatic rings. The van der Waals surface area contributed by atoms with Gasteiger partial charge in [-0.15, -0.1) is 11.3 Å². The van der Waals surface area contributed by atoms with Crippen molar-refractivity contribution in [3.8, 4) is 10.4 Å². The molecule has 0 unspecified atom stereocenters. The fraction of sp³-hybridized carbons (Fsp3) is 0.174. The maximum absolute atomic E-state index is 12.0. The molecule has 4 heterocycles. The molecule has 3 aromatic heterocycles. The molecule has 10 nitrogen and oxygen atoms in total. The zero-order chi connectivity index (χ0) is 23.1. The summed E-state index contributed by atoms with van der Waals surface area (Å²) in [6, 6.07) is 12.2. The maximum atomic E-state index is 12.0. The normalized spacial score (nSPS) is 16.6. The van der Waals surface area contributed by atoms with Crippen LogP contribution in [0.25, 0.3) is 22.2 Å². The maximum Gasteiger partial charge on any atom is 0.326 e. The van der Waals surface area contributed by atoms with Crippen molar-refractivity contribution in [2.45, 2.75) is 25.4 Å². The Morgan fingerprint density at radius 3 is 2.76 bits per heavy atom. The fourth-order valence-electron chi connectivity index (χ4n) is 3.74.